The van der Waals surface area contributed by atoms with Gasteiger partial charge in [-0.1, -0.05) is 0 Å². The summed E-state index contributed by atoms with van der Waals surface area (Å²) in [6, 6.07) is 8.87. The number of hydrogen-bond acceptors (Lipinski definition) is 7. The number of aromatic nitrogens is 2. The van der Waals surface area contributed by atoms with Gasteiger partial charge in [0, 0.05) is 0 Å². The molecule has 1 atom stereocenters. The number of benzene rings is 1. The van der Waals surface area contributed by atoms with E-state index in [9.17, 15) is 13.2 Å². The summed E-state index contributed by atoms with van der Waals surface area (Å²) in [5, 5.41) is 16.0. The minimum absolute atomic E-state index is 0.171. The molecule has 10 heteroatoms. The Morgan fingerprint density at radius 3 is 2.38 bits per heavy atom. The van der Waals surface area contributed by atoms with E-state index in [4.69, 9.17) is 14.2 Å². The maximum atomic E-state index is 12.4. The molecule has 0 spiro atoms. The standard InChI is InChI=1S/C14H11AsN2O6S/c1-8-6-13(17-22-8)15-24(20,21)10-4-2-9(3-5-10)12-7-11(14(18)19)16-23-12/h2-7,15H,1H3,(H,18,19). The van der Waals surface area contributed by atoms with E-state index >= 15 is 0 Å². The van der Waals surface area contributed by atoms with Gasteiger partial charge in [0.1, 0.15) is 0 Å². The predicted octanol–water partition coefficient (Wildman–Crippen LogP) is 0.787. The fraction of sp³-hybridized carbons (Fsp3) is 0.0714. The second-order valence-electron chi connectivity index (χ2n) is 4.83. The van der Waals surface area contributed by atoms with Crippen molar-refractivity contribution in [2.45, 2.75) is 11.8 Å². The summed E-state index contributed by atoms with van der Waals surface area (Å²) in [5.41, 5.74) is 0.320. The topological polar surface area (TPSA) is 124 Å². The Kier molecular flexibility index (Phi) is 4.29. The van der Waals surface area contributed by atoms with E-state index < -0.39 is 28.7 Å². The van der Waals surface area contributed by atoms with Crippen LogP contribution in [0.1, 0.15) is 16.2 Å². The third-order valence-corrected chi connectivity index (χ3v) is 9.40. The molecule has 0 aliphatic rings. The molecule has 2 aromatic heterocycles. The van der Waals surface area contributed by atoms with Crippen LogP contribution in [-0.4, -0.2) is 44.4 Å². The number of aryl methyl sites for hydroxylation is 1. The van der Waals surface area contributed by atoms with E-state index in [0.717, 1.165) is 0 Å². The van der Waals surface area contributed by atoms with Crippen LogP contribution in [-0.2, 0) is 8.10 Å². The Morgan fingerprint density at radius 1 is 1.12 bits per heavy atom. The third kappa shape index (κ3) is 3.42. The van der Waals surface area contributed by atoms with Gasteiger partial charge in [-0.15, -0.1) is 0 Å². The van der Waals surface area contributed by atoms with Crippen molar-refractivity contribution in [1.82, 2.24) is 10.3 Å². The van der Waals surface area contributed by atoms with Crippen molar-refractivity contribution in [3.05, 3.63) is 47.9 Å². The molecule has 2 heterocycles. The van der Waals surface area contributed by atoms with Gasteiger partial charge in [0.25, 0.3) is 0 Å². The fourth-order valence-electron chi connectivity index (χ4n) is 1.92. The zero-order valence-corrected chi connectivity index (χ0v) is 15.2. The second kappa shape index (κ2) is 6.26. The summed E-state index contributed by atoms with van der Waals surface area (Å²) in [7, 11) is -3.45. The first-order valence-corrected chi connectivity index (χ1v) is 11.7. The number of carbonyl (C=O) groups is 1. The van der Waals surface area contributed by atoms with Gasteiger partial charge in [0.2, 0.25) is 0 Å². The second-order valence-corrected chi connectivity index (χ2v) is 12.3. The van der Waals surface area contributed by atoms with E-state index in [1.54, 1.807) is 25.1 Å². The summed E-state index contributed by atoms with van der Waals surface area (Å²) < 4.78 is 35.1. The number of carboxylic acids is 1. The Balaban J connectivity index is 1.84. The van der Waals surface area contributed by atoms with Crippen molar-refractivity contribution < 1.29 is 27.4 Å². The molecule has 124 valence electrons. The van der Waals surface area contributed by atoms with E-state index in [1.807, 2.05) is 0 Å². The number of carboxylic acid groups (broad SMARTS) is 1. The van der Waals surface area contributed by atoms with Crippen LogP contribution < -0.4 is 4.48 Å². The van der Waals surface area contributed by atoms with Crippen molar-refractivity contribution >= 4 is 33.1 Å². The molecule has 1 aromatic carbocycles. The minimum atomic E-state index is -3.45. The van der Waals surface area contributed by atoms with Crippen LogP contribution in [0.2, 0.25) is 0 Å². The molecule has 3 rings (SSSR count). The maximum absolute atomic E-state index is 12.4. The monoisotopic (exact) mass is 410 g/mol. The van der Waals surface area contributed by atoms with E-state index in [0.29, 0.717) is 15.8 Å². The van der Waals surface area contributed by atoms with E-state index in [2.05, 4.69) is 10.3 Å². The molecule has 0 bridgehead atoms. The van der Waals surface area contributed by atoms with Gasteiger partial charge in [-0.25, -0.2) is 0 Å². The molecule has 0 amide bonds. The first kappa shape index (κ1) is 16.5. The molecule has 0 fully saturated rings. The van der Waals surface area contributed by atoms with Crippen LogP contribution in [0.3, 0.4) is 0 Å². The van der Waals surface area contributed by atoms with Gasteiger partial charge in [-0.2, -0.15) is 0 Å². The molecule has 0 saturated carbocycles. The van der Waals surface area contributed by atoms with Gasteiger partial charge >= 0.3 is 142 Å². The average molecular weight is 410 g/mol. The molecule has 8 nitrogen and oxygen atoms in total. The summed E-state index contributed by atoms with van der Waals surface area (Å²) in [4.78, 5) is 11.0. The molecule has 0 saturated heterocycles. The van der Waals surface area contributed by atoms with Crippen LogP contribution in [0.5, 0.6) is 0 Å². The molecule has 1 N–H and O–H groups in total. The SMILES string of the molecule is Cc1cc([AsH]S(=O)(=O)c2ccc(-c3cc(C(=O)O)no3)cc2)no1. The van der Waals surface area contributed by atoms with Crippen molar-refractivity contribution in [3.8, 4) is 11.3 Å². The number of hydrogen-bond donors (Lipinski definition) is 1. The van der Waals surface area contributed by atoms with Crippen molar-refractivity contribution in [2.24, 2.45) is 0 Å². The Morgan fingerprint density at radius 2 is 1.83 bits per heavy atom. The van der Waals surface area contributed by atoms with Crippen LogP contribution in [0, 0.1) is 6.92 Å². The number of rotatable bonds is 5. The van der Waals surface area contributed by atoms with Crippen molar-refractivity contribution in [3.63, 3.8) is 0 Å². The molecule has 3 aromatic rings. The molecule has 0 aliphatic carbocycles. The Bertz CT molecular complexity index is 990. The van der Waals surface area contributed by atoms with Crippen LogP contribution in [0.15, 0.2) is 50.3 Å². The summed E-state index contributed by atoms with van der Waals surface area (Å²) >= 11 is -1.55. The zero-order valence-electron chi connectivity index (χ0n) is 12.3. The molecule has 0 radical (unpaired) electrons. The van der Waals surface area contributed by atoms with Gasteiger partial charge in [-0.05, 0) is 0 Å². The first-order valence-electron chi connectivity index (χ1n) is 6.62. The van der Waals surface area contributed by atoms with Gasteiger partial charge in [0.05, 0.1) is 0 Å². The van der Waals surface area contributed by atoms with E-state index in [1.165, 1.54) is 18.2 Å². The Labute approximate surface area is 142 Å². The predicted molar refractivity (Wildman–Crippen MR) is 84.1 cm³/mol. The molecular weight excluding hydrogens is 399 g/mol. The van der Waals surface area contributed by atoms with Gasteiger partial charge in [-0.3, -0.25) is 0 Å². The fourth-order valence-corrected chi connectivity index (χ4v) is 7.36. The summed E-state index contributed by atoms with van der Waals surface area (Å²) in [5.74, 6) is -0.379. The third-order valence-electron chi connectivity index (χ3n) is 3.05. The Hall–Kier alpha value is -2.38. The summed E-state index contributed by atoms with van der Waals surface area (Å²) in [6.45, 7) is 1.70. The van der Waals surface area contributed by atoms with Gasteiger partial charge in [0.15, 0.2) is 0 Å². The van der Waals surface area contributed by atoms with Crippen LogP contribution >= 0.6 is 0 Å². The average Bonchev–Trinajstić information content (AvgIpc) is 3.16. The number of nitrogens with zero attached hydrogens (tertiary/aromatic N) is 2. The quantitative estimate of drug-likeness (QED) is 0.613. The van der Waals surface area contributed by atoms with Gasteiger partial charge < -0.3 is 0 Å². The van der Waals surface area contributed by atoms with E-state index in [-0.39, 0.29) is 16.3 Å². The van der Waals surface area contributed by atoms with Crippen molar-refractivity contribution in [2.75, 3.05) is 0 Å². The van der Waals surface area contributed by atoms with Crippen LogP contribution in [0.4, 0.5) is 0 Å². The molecule has 0 aliphatic heterocycles. The van der Waals surface area contributed by atoms with Crippen LogP contribution in [0.25, 0.3) is 11.3 Å². The first-order chi connectivity index (χ1) is 11.3. The number of aromatic carboxylic acids is 1. The normalized spacial score (nSPS) is 12.0. The van der Waals surface area contributed by atoms with Crippen molar-refractivity contribution in [1.29, 1.82) is 0 Å². The zero-order chi connectivity index (χ0) is 17.3. The summed E-state index contributed by atoms with van der Waals surface area (Å²) in [6.07, 6.45) is 0. The molecule has 1 unspecified atom stereocenters. The molecular formula is C14H11AsN2O6S. The molecule has 24 heavy (non-hydrogen) atoms.